The Labute approximate surface area is 105 Å². The molecule has 4 nitrogen and oxygen atoms in total. The zero-order valence-electron chi connectivity index (χ0n) is 10.3. The van der Waals surface area contributed by atoms with Crippen molar-refractivity contribution in [2.45, 2.75) is 18.4 Å². The topological polar surface area (TPSA) is 53.7 Å². The van der Waals surface area contributed by atoms with E-state index in [0.29, 0.717) is 21.8 Å². The molecule has 17 heavy (non-hydrogen) atoms. The highest BCUT2D eigenvalue weighted by molar-refractivity contribution is 6.36. The lowest BCUT2D eigenvalue weighted by atomic mass is 10.3. The maximum atomic E-state index is 5.76. The minimum absolute atomic E-state index is 0.0863. The largest absolute Gasteiger partial charge is 0.491 e. The minimum atomic E-state index is -0.0863. The molecule has 0 saturated heterocycles. The number of hydrogen-bond donors (Lipinski definition) is 1. The van der Waals surface area contributed by atoms with Gasteiger partial charge in [0.25, 0.3) is 0 Å². The first-order valence-corrected chi connectivity index (χ1v) is 6.82. The van der Waals surface area contributed by atoms with E-state index in [4.69, 9.17) is 19.9 Å². The van der Waals surface area contributed by atoms with Crippen molar-refractivity contribution in [3.8, 4) is 5.75 Å². The van der Waals surface area contributed by atoms with E-state index in [-0.39, 0.29) is 5.91 Å². The van der Waals surface area contributed by atoms with E-state index in [1.807, 2.05) is 24.3 Å². The fourth-order valence-corrected chi connectivity index (χ4v) is 2.27. The molecule has 0 atom stereocenters. The summed E-state index contributed by atoms with van der Waals surface area (Å²) in [6.07, 6.45) is 0.968. The lowest BCUT2D eigenvalue weighted by Crippen LogP contribution is -2.21. The highest BCUT2D eigenvalue weighted by Crippen LogP contribution is 2.19. The van der Waals surface area contributed by atoms with Gasteiger partial charge in [-0.2, -0.15) is 0 Å². The van der Waals surface area contributed by atoms with Gasteiger partial charge in [-0.3, -0.25) is 0 Å². The Balaban J connectivity index is 2.14. The molecule has 0 aliphatic rings. The van der Waals surface area contributed by atoms with Gasteiger partial charge in [-0.25, -0.2) is 0 Å². The van der Waals surface area contributed by atoms with Crippen molar-refractivity contribution in [1.82, 2.24) is 0 Å². The summed E-state index contributed by atoms with van der Waals surface area (Å²) in [5.41, 5.74) is 6.45. The number of anilines is 1. The SMILES string of the molecule is COC(OC)[Si]CCCOc1ccccc1N. The van der Waals surface area contributed by atoms with E-state index in [9.17, 15) is 0 Å². The average molecular weight is 253 g/mol. The molecular formula is C12H19NO3Si. The number of methoxy groups -OCH3 is 2. The molecule has 0 unspecified atom stereocenters. The maximum Gasteiger partial charge on any atom is 0.142 e. The highest BCUT2D eigenvalue weighted by atomic mass is 28.2. The first-order chi connectivity index (χ1) is 8.27. The predicted molar refractivity (Wildman–Crippen MR) is 69.3 cm³/mol. The Bertz CT molecular complexity index is 318. The predicted octanol–water partition coefficient (Wildman–Crippen LogP) is 1.74. The molecular weight excluding hydrogens is 234 g/mol. The number of benzene rings is 1. The van der Waals surface area contributed by atoms with Crippen LogP contribution in [0.3, 0.4) is 0 Å². The summed E-state index contributed by atoms with van der Waals surface area (Å²) in [7, 11) is 3.94. The quantitative estimate of drug-likeness (QED) is 0.332. The monoisotopic (exact) mass is 253 g/mol. The van der Waals surface area contributed by atoms with Crippen molar-refractivity contribution in [3.05, 3.63) is 24.3 Å². The zero-order chi connectivity index (χ0) is 12.5. The molecule has 0 spiro atoms. The zero-order valence-corrected chi connectivity index (χ0v) is 11.3. The summed E-state index contributed by atoms with van der Waals surface area (Å²) < 4.78 is 15.8. The maximum absolute atomic E-state index is 5.76. The molecule has 94 valence electrons. The highest BCUT2D eigenvalue weighted by Gasteiger charge is 2.05. The summed E-state index contributed by atoms with van der Waals surface area (Å²) in [4.78, 5) is 0. The summed E-state index contributed by atoms with van der Waals surface area (Å²) in [6, 6.07) is 8.55. The molecule has 2 radical (unpaired) electrons. The van der Waals surface area contributed by atoms with E-state index in [0.717, 1.165) is 18.2 Å². The third kappa shape index (κ3) is 5.21. The lowest BCUT2D eigenvalue weighted by Gasteiger charge is -2.12. The van der Waals surface area contributed by atoms with E-state index in [1.54, 1.807) is 14.2 Å². The van der Waals surface area contributed by atoms with Gasteiger partial charge in [0.05, 0.1) is 12.3 Å². The second-order valence-corrected chi connectivity index (χ2v) is 4.88. The number of para-hydroxylation sites is 2. The van der Waals surface area contributed by atoms with Crippen LogP contribution < -0.4 is 10.5 Å². The van der Waals surface area contributed by atoms with Crippen molar-refractivity contribution in [1.29, 1.82) is 0 Å². The third-order valence-electron chi connectivity index (χ3n) is 2.24. The van der Waals surface area contributed by atoms with Gasteiger partial charge in [0, 0.05) is 14.2 Å². The van der Waals surface area contributed by atoms with Crippen LogP contribution in [-0.2, 0) is 9.47 Å². The molecule has 0 aliphatic heterocycles. The molecule has 0 bridgehead atoms. The molecule has 0 amide bonds. The van der Waals surface area contributed by atoms with Crippen LogP contribution in [-0.4, -0.2) is 36.3 Å². The Morgan fingerprint density at radius 2 is 1.94 bits per heavy atom. The molecule has 5 heteroatoms. The van der Waals surface area contributed by atoms with Gasteiger partial charge < -0.3 is 19.9 Å². The van der Waals surface area contributed by atoms with Crippen LogP contribution in [0.2, 0.25) is 6.04 Å². The van der Waals surface area contributed by atoms with Crippen molar-refractivity contribution in [3.63, 3.8) is 0 Å². The Hall–Kier alpha value is -1.04. The first-order valence-electron chi connectivity index (χ1n) is 5.54. The van der Waals surface area contributed by atoms with Crippen LogP contribution in [0, 0.1) is 0 Å². The van der Waals surface area contributed by atoms with Crippen molar-refractivity contribution in [2.75, 3.05) is 26.6 Å². The van der Waals surface area contributed by atoms with Gasteiger partial charge in [-0.15, -0.1) is 0 Å². The molecule has 0 heterocycles. The molecule has 0 aliphatic carbocycles. The van der Waals surface area contributed by atoms with Gasteiger partial charge in [-0.05, 0) is 18.6 Å². The van der Waals surface area contributed by atoms with Gasteiger partial charge >= 0.3 is 0 Å². The standard InChI is InChI=1S/C12H19NO3Si/c1-14-12(15-2)17-9-5-8-16-11-7-4-3-6-10(11)13/h3-4,6-7,12H,5,8-9,13H2,1-2H3. The molecule has 2 N–H and O–H groups in total. The Kier molecular flexibility index (Phi) is 6.69. The molecule has 1 rings (SSSR count). The van der Waals surface area contributed by atoms with Crippen LogP contribution in [0.1, 0.15) is 6.42 Å². The van der Waals surface area contributed by atoms with Crippen LogP contribution in [0.15, 0.2) is 24.3 Å². The molecule has 1 aromatic rings. The number of nitrogen functional groups attached to an aromatic ring is 1. The first kappa shape index (κ1) is 14.0. The van der Waals surface area contributed by atoms with Gasteiger partial charge in [0.15, 0.2) is 0 Å². The van der Waals surface area contributed by atoms with Crippen molar-refractivity contribution in [2.24, 2.45) is 0 Å². The normalized spacial score (nSPS) is 10.8. The van der Waals surface area contributed by atoms with Crippen molar-refractivity contribution < 1.29 is 14.2 Å². The molecule has 1 aromatic carbocycles. The van der Waals surface area contributed by atoms with Crippen LogP contribution in [0.25, 0.3) is 0 Å². The third-order valence-corrected chi connectivity index (χ3v) is 3.68. The Morgan fingerprint density at radius 3 is 2.59 bits per heavy atom. The number of rotatable bonds is 8. The lowest BCUT2D eigenvalue weighted by molar-refractivity contribution is -0.0441. The van der Waals surface area contributed by atoms with E-state index in [2.05, 4.69) is 0 Å². The van der Waals surface area contributed by atoms with Gasteiger partial charge in [0.2, 0.25) is 0 Å². The van der Waals surface area contributed by atoms with E-state index >= 15 is 0 Å². The molecule has 0 saturated carbocycles. The fraction of sp³-hybridized carbons (Fsp3) is 0.500. The van der Waals surface area contributed by atoms with Crippen LogP contribution in [0.5, 0.6) is 5.75 Å². The smallest absolute Gasteiger partial charge is 0.142 e. The second-order valence-electron chi connectivity index (χ2n) is 3.50. The van der Waals surface area contributed by atoms with Crippen LogP contribution in [0.4, 0.5) is 5.69 Å². The van der Waals surface area contributed by atoms with E-state index in [1.165, 1.54) is 0 Å². The summed E-state index contributed by atoms with van der Waals surface area (Å²) >= 11 is 0. The number of nitrogens with two attached hydrogens (primary N) is 1. The van der Waals surface area contributed by atoms with Crippen LogP contribution >= 0.6 is 0 Å². The second kappa shape index (κ2) is 8.11. The summed E-state index contributed by atoms with van der Waals surface area (Å²) in [5.74, 6) is 0.669. The average Bonchev–Trinajstić information content (AvgIpc) is 2.36. The molecule has 0 aromatic heterocycles. The minimum Gasteiger partial charge on any atom is -0.491 e. The van der Waals surface area contributed by atoms with Gasteiger partial charge in [0.1, 0.15) is 21.2 Å². The summed E-state index contributed by atoms with van der Waals surface area (Å²) in [5, 5.41) is 0. The van der Waals surface area contributed by atoms with Crippen molar-refractivity contribution >= 4 is 15.2 Å². The van der Waals surface area contributed by atoms with E-state index < -0.39 is 0 Å². The summed E-state index contributed by atoms with van der Waals surface area (Å²) in [6.45, 7) is 0.668. The number of ether oxygens (including phenoxy) is 3. The Morgan fingerprint density at radius 1 is 1.24 bits per heavy atom. The van der Waals surface area contributed by atoms with Gasteiger partial charge in [-0.1, -0.05) is 18.2 Å². The molecule has 0 fully saturated rings. The number of hydrogen-bond acceptors (Lipinski definition) is 4. The fourth-order valence-electron chi connectivity index (χ4n) is 1.35.